The Hall–Kier alpha value is -1.68. The lowest BCUT2D eigenvalue weighted by atomic mass is 10.00. The number of ketones is 1. The fourth-order valence-corrected chi connectivity index (χ4v) is 1.70. The maximum atomic E-state index is 11.4. The van der Waals surface area contributed by atoms with Gasteiger partial charge in [0.2, 0.25) is 0 Å². The number of carbonyl (C=O) groups is 1. The number of benzene rings is 1. The molecule has 1 aromatic carbocycles. The molecule has 1 unspecified atom stereocenters. The fraction of sp³-hybridized carbons (Fsp3) is 0.429. The molecule has 0 aliphatic carbocycles. The van der Waals surface area contributed by atoms with E-state index < -0.39 is 6.04 Å². The van der Waals surface area contributed by atoms with Gasteiger partial charge in [0, 0.05) is 6.42 Å². The van der Waals surface area contributed by atoms with Gasteiger partial charge in [-0.25, -0.2) is 0 Å². The highest BCUT2D eigenvalue weighted by molar-refractivity contribution is 5.98. The summed E-state index contributed by atoms with van der Waals surface area (Å²) in [6, 6.07) is 7.43. The molecule has 4 nitrogen and oxygen atoms in total. The maximum absolute atomic E-state index is 11.4. The monoisotopic (exact) mass is 248 g/mol. The number of Topliss-reactive ketones (excluding diaryl/α,β-unsaturated/α-hetero) is 1. The first-order valence-corrected chi connectivity index (χ1v) is 6.03. The molecule has 0 aromatic heterocycles. The first-order valence-electron chi connectivity index (χ1n) is 6.03. The zero-order chi connectivity index (χ0) is 13.5. The Kier molecular flexibility index (Phi) is 5.52. The third-order valence-electron chi connectivity index (χ3n) is 2.82. The van der Waals surface area contributed by atoms with Crippen LogP contribution in [0.15, 0.2) is 29.4 Å². The molecular formula is C14H20N2O2. The minimum atomic E-state index is -0.408. The van der Waals surface area contributed by atoms with Crippen molar-refractivity contribution in [2.24, 2.45) is 10.9 Å². The van der Waals surface area contributed by atoms with Gasteiger partial charge in [0.05, 0.1) is 11.8 Å². The van der Waals surface area contributed by atoms with Gasteiger partial charge in [-0.3, -0.25) is 4.79 Å². The molecule has 0 amide bonds. The zero-order valence-corrected chi connectivity index (χ0v) is 11.1. The van der Waals surface area contributed by atoms with Gasteiger partial charge in [0.15, 0.2) is 0 Å². The molecule has 18 heavy (non-hydrogen) atoms. The molecule has 0 aliphatic heterocycles. The van der Waals surface area contributed by atoms with Gasteiger partial charge < -0.3 is 10.6 Å². The summed E-state index contributed by atoms with van der Waals surface area (Å²) in [7, 11) is 1.52. The van der Waals surface area contributed by atoms with Crippen molar-refractivity contribution in [3.05, 3.63) is 35.4 Å². The predicted octanol–water partition coefficient (Wildman–Crippen LogP) is 1.91. The number of carbonyl (C=O) groups excluding carboxylic acids is 1. The molecule has 0 bridgehead atoms. The number of hydrogen-bond donors (Lipinski definition) is 1. The van der Waals surface area contributed by atoms with Gasteiger partial charge in [0.1, 0.15) is 12.9 Å². The lowest BCUT2D eigenvalue weighted by Gasteiger charge is -2.09. The summed E-state index contributed by atoms with van der Waals surface area (Å²) in [4.78, 5) is 16.1. The van der Waals surface area contributed by atoms with E-state index in [9.17, 15) is 4.79 Å². The van der Waals surface area contributed by atoms with Crippen LogP contribution in [0, 0.1) is 0 Å². The minimum absolute atomic E-state index is 0.0937. The van der Waals surface area contributed by atoms with Crippen molar-refractivity contribution < 1.29 is 9.63 Å². The number of oxime groups is 1. The average molecular weight is 248 g/mol. The van der Waals surface area contributed by atoms with Gasteiger partial charge in [-0.2, -0.15) is 0 Å². The van der Waals surface area contributed by atoms with Crippen LogP contribution in [0.3, 0.4) is 0 Å². The van der Waals surface area contributed by atoms with Gasteiger partial charge >= 0.3 is 0 Å². The Morgan fingerprint density at radius 3 is 2.50 bits per heavy atom. The third kappa shape index (κ3) is 3.96. The molecular weight excluding hydrogens is 228 g/mol. The fourth-order valence-electron chi connectivity index (χ4n) is 1.70. The Bertz CT molecular complexity index is 424. The van der Waals surface area contributed by atoms with Crippen LogP contribution in [-0.4, -0.2) is 24.6 Å². The summed E-state index contributed by atoms with van der Waals surface area (Å²) in [5, 5.41) is 3.86. The largest absolute Gasteiger partial charge is 0.399 e. The van der Waals surface area contributed by atoms with E-state index in [1.165, 1.54) is 7.11 Å². The smallest absolute Gasteiger partial charge is 0.149 e. The first kappa shape index (κ1) is 14.4. The Labute approximate surface area is 108 Å². The van der Waals surface area contributed by atoms with E-state index in [2.05, 4.69) is 5.16 Å². The van der Waals surface area contributed by atoms with E-state index in [0.717, 1.165) is 16.8 Å². The SMILES string of the molecule is CCC(=O)C(N)Cc1ccc(/C(C)=N\OC)cc1. The number of nitrogens with two attached hydrogens (primary N) is 1. The van der Waals surface area contributed by atoms with Crippen molar-refractivity contribution in [3.8, 4) is 0 Å². The summed E-state index contributed by atoms with van der Waals surface area (Å²) >= 11 is 0. The molecule has 0 aliphatic rings. The molecule has 0 spiro atoms. The molecule has 4 heteroatoms. The van der Waals surface area contributed by atoms with E-state index >= 15 is 0 Å². The number of hydrogen-bond acceptors (Lipinski definition) is 4. The second-order valence-electron chi connectivity index (χ2n) is 4.19. The quantitative estimate of drug-likeness (QED) is 0.617. The maximum Gasteiger partial charge on any atom is 0.149 e. The van der Waals surface area contributed by atoms with Crippen molar-refractivity contribution in [2.75, 3.05) is 7.11 Å². The van der Waals surface area contributed by atoms with Crippen LogP contribution in [-0.2, 0) is 16.1 Å². The summed E-state index contributed by atoms with van der Waals surface area (Å²) < 4.78 is 0. The number of nitrogens with zero attached hydrogens (tertiary/aromatic N) is 1. The van der Waals surface area contributed by atoms with E-state index in [4.69, 9.17) is 10.6 Å². The molecule has 0 heterocycles. The highest BCUT2D eigenvalue weighted by atomic mass is 16.6. The Morgan fingerprint density at radius 1 is 1.39 bits per heavy atom. The normalized spacial score (nSPS) is 13.2. The van der Waals surface area contributed by atoms with Gasteiger partial charge in [-0.05, 0) is 24.5 Å². The molecule has 1 atom stereocenters. The highest BCUT2D eigenvalue weighted by Crippen LogP contribution is 2.08. The van der Waals surface area contributed by atoms with E-state index in [-0.39, 0.29) is 5.78 Å². The first-order chi connectivity index (χ1) is 8.58. The lowest BCUT2D eigenvalue weighted by Crippen LogP contribution is -2.32. The van der Waals surface area contributed by atoms with E-state index in [1.807, 2.05) is 38.1 Å². The van der Waals surface area contributed by atoms with E-state index in [1.54, 1.807) is 0 Å². The van der Waals surface area contributed by atoms with Gasteiger partial charge in [-0.1, -0.05) is 36.3 Å². The Balaban J connectivity index is 2.72. The molecule has 2 N–H and O–H groups in total. The van der Waals surface area contributed by atoms with E-state index in [0.29, 0.717) is 12.8 Å². The summed E-state index contributed by atoms with van der Waals surface area (Å²) in [5.41, 5.74) is 8.68. The van der Waals surface area contributed by atoms with Crippen molar-refractivity contribution in [3.63, 3.8) is 0 Å². The van der Waals surface area contributed by atoms with Gasteiger partial charge in [-0.15, -0.1) is 0 Å². The minimum Gasteiger partial charge on any atom is -0.399 e. The second kappa shape index (κ2) is 6.91. The Morgan fingerprint density at radius 2 is 2.00 bits per heavy atom. The van der Waals surface area contributed by atoms with Crippen LogP contribution in [0.1, 0.15) is 31.4 Å². The van der Waals surface area contributed by atoms with Crippen LogP contribution in [0.2, 0.25) is 0 Å². The summed E-state index contributed by atoms with van der Waals surface area (Å²) in [6.45, 7) is 3.71. The van der Waals surface area contributed by atoms with Crippen LogP contribution < -0.4 is 5.73 Å². The molecule has 0 radical (unpaired) electrons. The lowest BCUT2D eigenvalue weighted by molar-refractivity contribution is -0.119. The summed E-state index contributed by atoms with van der Waals surface area (Å²) in [5.74, 6) is 0.0937. The summed E-state index contributed by atoms with van der Waals surface area (Å²) in [6.07, 6.45) is 1.06. The molecule has 1 aromatic rings. The molecule has 1 rings (SSSR count). The van der Waals surface area contributed by atoms with Crippen molar-refractivity contribution in [1.29, 1.82) is 0 Å². The van der Waals surface area contributed by atoms with Crippen LogP contribution in [0.5, 0.6) is 0 Å². The average Bonchev–Trinajstić information content (AvgIpc) is 2.38. The molecule has 0 fully saturated rings. The topological polar surface area (TPSA) is 64.7 Å². The van der Waals surface area contributed by atoms with Crippen LogP contribution >= 0.6 is 0 Å². The predicted molar refractivity (Wildman–Crippen MR) is 72.6 cm³/mol. The van der Waals surface area contributed by atoms with Crippen LogP contribution in [0.4, 0.5) is 0 Å². The standard InChI is InChI=1S/C14H20N2O2/c1-4-14(17)13(15)9-11-5-7-12(8-6-11)10(2)16-18-3/h5-8,13H,4,9,15H2,1-3H3/b16-10-. The van der Waals surface area contributed by atoms with Crippen molar-refractivity contribution in [2.45, 2.75) is 32.7 Å². The van der Waals surface area contributed by atoms with Gasteiger partial charge in [0.25, 0.3) is 0 Å². The van der Waals surface area contributed by atoms with Crippen molar-refractivity contribution in [1.82, 2.24) is 0 Å². The molecule has 0 saturated heterocycles. The second-order valence-corrected chi connectivity index (χ2v) is 4.19. The highest BCUT2D eigenvalue weighted by Gasteiger charge is 2.11. The number of rotatable bonds is 6. The zero-order valence-electron chi connectivity index (χ0n) is 11.1. The molecule has 0 saturated carbocycles. The van der Waals surface area contributed by atoms with Crippen molar-refractivity contribution >= 4 is 11.5 Å². The van der Waals surface area contributed by atoms with Crippen LogP contribution in [0.25, 0.3) is 0 Å². The molecule has 98 valence electrons. The third-order valence-corrected chi connectivity index (χ3v) is 2.82.